The monoisotopic (exact) mass is 420 g/mol. The molecule has 2 aliphatic heterocycles. The number of piperidine rings is 1. The SMILES string of the molecule is CC[C@@H]1CCN[C@H](C(=O)N[C@@H]([C@H]2O[C@H](SC)[C@H](OC)[C@@H](O)[C@H]2O)C(C)(C)O)C1. The van der Waals surface area contributed by atoms with E-state index in [0.29, 0.717) is 5.92 Å². The maximum atomic E-state index is 12.9. The number of thioether (sulfide) groups is 1. The van der Waals surface area contributed by atoms with Crippen molar-refractivity contribution >= 4 is 17.7 Å². The molecule has 8 atom stereocenters. The summed E-state index contributed by atoms with van der Waals surface area (Å²) in [5.74, 6) is 0.254. The largest absolute Gasteiger partial charge is 0.388 e. The summed E-state index contributed by atoms with van der Waals surface area (Å²) in [6.07, 6.45) is 0.416. The van der Waals surface area contributed by atoms with Crippen molar-refractivity contribution in [3.05, 3.63) is 0 Å². The Kier molecular flexibility index (Phi) is 8.57. The molecule has 0 bridgehead atoms. The molecule has 0 saturated carbocycles. The Morgan fingerprint density at radius 2 is 2.07 bits per heavy atom. The first-order valence-electron chi connectivity index (χ1n) is 9.97. The highest BCUT2D eigenvalue weighted by Gasteiger charge is 2.51. The molecule has 9 heteroatoms. The molecule has 2 fully saturated rings. The van der Waals surface area contributed by atoms with E-state index >= 15 is 0 Å². The zero-order valence-electron chi connectivity index (χ0n) is 17.4. The minimum atomic E-state index is -1.37. The summed E-state index contributed by atoms with van der Waals surface area (Å²) in [7, 11) is 1.45. The molecule has 2 rings (SSSR count). The molecule has 2 heterocycles. The molecule has 1 amide bonds. The summed E-state index contributed by atoms with van der Waals surface area (Å²) in [5, 5.41) is 38.0. The lowest BCUT2D eigenvalue weighted by Gasteiger charge is -2.47. The number of carbonyl (C=O) groups excluding carboxylic acids is 1. The van der Waals surface area contributed by atoms with E-state index in [1.165, 1.54) is 18.9 Å². The molecule has 0 aromatic heterocycles. The van der Waals surface area contributed by atoms with Gasteiger partial charge in [0.2, 0.25) is 5.91 Å². The lowest BCUT2D eigenvalue weighted by atomic mass is 9.85. The van der Waals surface area contributed by atoms with Crippen molar-refractivity contribution in [1.29, 1.82) is 0 Å². The van der Waals surface area contributed by atoms with Crippen LogP contribution in [0.1, 0.15) is 40.0 Å². The molecule has 5 N–H and O–H groups in total. The fourth-order valence-electron chi connectivity index (χ4n) is 4.06. The zero-order chi connectivity index (χ0) is 21.1. The predicted octanol–water partition coefficient (Wildman–Crippen LogP) is -0.155. The number of methoxy groups -OCH3 is 1. The van der Waals surface area contributed by atoms with Crippen LogP contribution in [0.2, 0.25) is 0 Å². The Morgan fingerprint density at radius 3 is 2.61 bits per heavy atom. The second-order valence-electron chi connectivity index (χ2n) is 8.33. The van der Waals surface area contributed by atoms with Gasteiger partial charge in [-0.2, -0.15) is 0 Å². The van der Waals surface area contributed by atoms with E-state index in [1.807, 2.05) is 6.26 Å². The number of hydrogen-bond donors (Lipinski definition) is 5. The summed E-state index contributed by atoms with van der Waals surface area (Å²) in [4.78, 5) is 12.9. The first kappa shape index (κ1) is 23.9. The zero-order valence-corrected chi connectivity index (χ0v) is 18.2. The molecule has 2 aliphatic rings. The number of nitrogens with one attached hydrogen (secondary N) is 2. The van der Waals surface area contributed by atoms with Crippen LogP contribution in [0.3, 0.4) is 0 Å². The van der Waals surface area contributed by atoms with E-state index in [4.69, 9.17) is 9.47 Å². The van der Waals surface area contributed by atoms with Crippen LogP contribution < -0.4 is 10.6 Å². The van der Waals surface area contributed by atoms with Gasteiger partial charge >= 0.3 is 0 Å². The number of hydrogen-bond acceptors (Lipinski definition) is 8. The summed E-state index contributed by atoms with van der Waals surface area (Å²) in [6, 6.07) is -1.25. The quantitative estimate of drug-likeness (QED) is 0.386. The number of amides is 1. The molecule has 0 aromatic rings. The van der Waals surface area contributed by atoms with Gasteiger partial charge in [0.05, 0.1) is 17.7 Å². The van der Waals surface area contributed by atoms with Gasteiger partial charge in [0.1, 0.15) is 29.9 Å². The second-order valence-corrected chi connectivity index (χ2v) is 9.27. The van der Waals surface area contributed by atoms with Crippen LogP contribution in [0, 0.1) is 5.92 Å². The summed E-state index contributed by atoms with van der Waals surface area (Å²) >= 11 is 1.34. The van der Waals surface area contributed by atoms with Crippen molar-refractivity contribution in [2.75, 3.05) is 19.9 Å². The van der Waals surface area contributed by atoms with Crippen LogP contribution in [0.4, 0.5) is 0 Å². The van der Waals surface area contributed by atoms with Gasteiger partial charge in [0.15, 0.2) is 0 Å². The van der Waals surface area contributed by atoms with Gasteiger partial charge in [-0.3, -0.25) is 4.79 Å². The number of ether oxygens (including phenoxy) is 2. The van der Waals surface area contributed by atoms with Crippen LogP contribution in [0.15, 0.2) is 0 Å². The third-order valence-corrected chi connectivity index (χ3v) is 6.72. The van der Waals surface area contributed by atoms with Crippen molar-refractivity contribution < 1.29 is 29.6 Å². The molecular formula is C19H36N2O6S. The van der Waals surface area contributed by atoms with Crippen molar-refractivity contribution in [1.82, 2.24) is 10.6 Å². The minimum Gasteiger partial charge on any atom is -0.388 e. The first-order chi connectivity index (χ1) is 13.1. The average Bonchev–Trinajstić information content (AvgIpc) is 2.67. The lowest BCUT2D eigenvalue weighted by Crippen LogP contribution is -2.68. The number of carbonyl (C=O) groups is 1. The van der Waals surface area contributed by atoms with Gasteiger partial charge in [-0.05, 0) is 45.4 Å². The van der Waals surface area contributed by atoms with Crippen LogP contribution in [0.5, 0.6) is 0 Å². The van der Waals surface area contributed by atoms with Gasteiger partial charge in [-0.25, -0.2) is 0 Å². The van der Waals surface area contributed by atoms with E-state index in [-0.39, 0.29) is 11.9 Å². The van der Waals surface area contributed by atoms with Gasteiger partial charge in [-0.1, -0.05) is 13.3 Å². The van der Waals surface area contributed by atoms with Gasteiger partial charge in [0, 0.05) is 7.11 Å². The normalized spacial score (nSPS) is 38.1. The first-order valence-corrected chi connectivity index (χ1v) is 11.3. The fraction of sp³-hybridized carbons (Fsp3) is 0.947. The molecule has 0 spiro atoms. The van der Waals surface area contributed by atoms with Crippen molar-refractivity contribution in [3.8, 4) is 0 Å². The molecule has 0 aromatic carbocycles. The molecule has 164 valence electrons. The molecule has 0 radical (unpaired) electrons. The van der Waals surface area contributed by atoms with Crippen LogP contribution in [-0.2, 0) is 14.3 Å². The van der Waals surface area contributed by atoms with Gasteiger partial charge in [0.25, 0.3) is 0 Å². The number of rotatable bonds is 7. The smallest absolute Gasteiger partial charge is 0.237 e. The van der Waals surface area contributed by atoms with E-state index < -0.39 is 41.5 Å². The summed E-state index contributed by atoms with van der Waals surface area (Å²) < 4.78 is 11.2. The molecule has 28 heavy (non-hydrogen) atoms. The van der Waals surface area contributed by atoms with E-state index in [9.17, 15) is 20.1 Å². The Hall–Kier alpha value is -0.420. The Balaban J connectivity index is 2.18. The highest BCUT2D eigenvalue weighted by molar-refractivity contribution is 7.99. The highest BCUT2D eigenvalue weighted by atomic mass is 32.2. The topological polar surface area (TPSA) is 120 Å². The van der Waals surface area contributed by atoms with Crippen molar-refractivity contribution in [2.24, 2.45) is 5.92 Å². The maximum absolute atomic E-state index is 12.9. The average molecular weight is 421 g/mol. The molecule has 0 aliphatic carbocycles. The molecule has 8 nitrogen and oxygen atoms in total. The van der Waals surface area contributed by atoms with Gasteiger partial charge < -0.3 is 35.4 Å². The molecule has 2 saturated heterocycles. The lowest BCUT2D eigenvalue weighted by molar-refractivity contribution is -0.223. The molecule has 0 unspecified atom stereocenters. The predicted molar refractivity (Wildman–Crippen MR) is 108 cm³/mol. The van der Waals surface area contributed by atoms with Crippen LogP contribution >= 0.6 is 11.8 Å². The fourth-order valence-corrected chi connectivity index (χ4v) is 4.84. The highest BCUT2D eigenvalue weighted by Crippen LogP contribution is 2.33. The van der Waals surface area contributed by atoms with E-state index in [1.54, 1.807) is 13.8 Å². The second kappa shape index (κ2) is 10.1. The van der Waals surface area contributed by atoms with E-state index in [0.717, 1.165) is 25.8 Å². The van der Waals surface area contributed by atoms with E-state index in [2.05, 4.69) is 17.6 Å². The third kappa shape index (κ3) is 5.38. The number of aliphatic hydroxyl groups is 3. The third-order valence-electron chi connectivity index (χ3n) is 5.88. The minimum absolute atomic E-state index is 0.231. The van der Waals surface area contributed by atoms with Gasteiger partial charge in [-0.15, -0.1) is 11.8 Å². The summed E-state index contributed by atoms with van der Waals surface area (Å²) in [6.45, 7) is 6.00. The van der Waals surface area contributed by atoms with Crippen LogP contribution in [0.25, 0.3) is 0 Å². The Morgan fingerprint density at radius 1 is 1.39 bits per heavy atom. The maximum Gasteiger partial charge on any atom is 0.237 e. The summed E-state index contributed by atoms with van der Waals surface area (Å²) in [5.41, 5.74) is -1.91. The van der Waals surface area contributed by atoms with Crippen molar-refractivity contribution in [2.45, 2.75) is 87.6 Å². The Labute approximate surface area is 171 Å². The Bertz CT molecular complexity index is 515. The standard InChI is InChI=1S/C19H36N2O6S/c1-6-10-7-8-20-11(9-10)17(24)21-16(19(2,3)25)14-12(22)13(23)15(26-4)18(27-14)28-5/h10-16,18,20,22-23,25H,6-9H2,1-5H3,(H,21,24)/t10-,11+,12-,13+,14+,15-,16+,18-/m1/s1. The van der Waals surface area contributed by atoms with Crippen LogP contribution in [-0.4, -0.2) is 88.7 Å². The van der Waals surface area contributed by atoms with Crippen molar-refractivity contribution in [3.63, 3.8) is 0 Å². The number of aliphatic hydroxyl groups excluding tert-OH is 2. The molecular weight excluding hydrogens is 384 g/mol.